The second-order valence-corrected chi connectivity index (χ2v) is 4.74. The lowest BCUT2D eigenvalue weighted by Crippen LogP contribution is -2.39. The summed E-state index contributed by atoms with van der Waals surface area (Å²) in [7, 11) is 0. The van der Waals surface area contributed by atoms with Crippen LogP contribution in [-0.2, 0) is 4.79 Å². The van der Waals surface area contributed by atoms with Crippen LogP contribution in [0, 0.1) is 0 Å². The number of thioether (sulfide) groups is 1. The van der Waals surface area contributed by atoms with Gasteiger partial charge < -0.3 is 10.6 Å². The van der Waals surface area contributed by atoms with Gasteiger partial charge in [-0.1, -0.05) is 0 Å². The van der Waals surface area contributed by atoms with Crippen molar-refractivity contribution >= 4 is 23.5 Å². The summed E-state index contributed by atoms with van der Waals surface area (Å²) in [6, 6.07) is 3.75. The zero-order chi connectivity index (χ0) is 11.2. The van der Waals surface area contributed by atoms with Gasteiger partial charge in [-0.25, -0.2) is 0 Å². The summed E-state index contributed by atoms with van der Waals surface area (Å²) in [4.78, 5) is 11.7. The predicted molar refractivity (Wildman–Crippen MR) is 64.4 cm³/mol. The molecule has 0 aliphatic carbocycles. The molecule has 1 fully saturated rings. The van der Waals surface area contributed by atoms with Gasteiger partial charge in [-0.15, -0.1) is 5.10 Å². The van der Waals surface area contributed by atoms with Crippen molar-refractivity contribution in [1.82, 2.24) is 15.5 Å². The molecule has 0 spiro atoms. The lowest BCUT2D eigenvalue weighted by atomic mass is 10.2. The third kappa shape index (κ3) is 3.46. The fourth-order valence-corrected chi connectivity index (χ4v) is 2.49. The van der Waals surface area contributed by atoms with Crippen molar-refractivity contribution in [2.75, 3.05) is 23.4 Å². The minimum Gasteiger partial charge on any atom is -0.312 e. The summed E-state index contributed by atoms with van der Waals surface area (Å²) in [5.41, 5.74) is 0. The smallest absolute Gasteiger partial charge is 0.227 e. The Balaban J connectivity index is 1.80. The largest absolute Gasteiger partial charge is 0.312 e. The number of carbonyl (C=O) groups excluding carboxylic acids is 1. The molecule has 1 amide bonds. The number of aromatic nitrogens is 2. The van der Waals surface area contributed by atoms with Crippen molar-refractivity contribution in [3.05, 3.63) is 18.3 Å². The topological polar surface area (TPSA) is 66.9 Å². The molecule has 2 heterocycles. The summed E-state index contributed by atoms with van der Waals surface area (Å²) in [6.45, 7) is 0.980. The van der Waals surface area contributed by atoms with Crippen molar-refractivity contribution in [2.24, 2.45) is 0 Å². The molecule has 0 saturated carbocycles. The molecule has 1 saturated heterocycles. The summed E-state index contributed by atoms with van der Waals surface area (Å²) in [5.74, 6) is 2.62. The number of nitrogens with one attached hydrogen (secondary N) is 2. The highest BCUT2D eigenvalue weighted by Crippen LogP contribution is 2.11. The second kappa shape index (κ2) is 5.81. The van der Waals surface area contributed by atoms with E-state index in [-0.39, 0.29) is 11.9 Å². The Bertz CT molecular complexity index is 340. The third-order valence-corrected chi connectivity index (χ3v) is 3.40. The Labute approximate surface area is 98.4 Å². The van der Waals surface area contributed by atoms with Crippen molar-refractivity contribution in [3.63, 3.8) is 0 Å². The van der Waals surface area contributed by atoms with Gasteiger partial charge in [-0.2, -0.15) is 16.9 Å². The SMILES string of the molecule is O=C(CC1CSCCN1)Nc1cccnn1. The lowest BCUT2D eigenvalue weighted by Gasteiger charge is -2.22. The van der Waals surface area contributed by atoms with E-state index in [1.54, 1.807) is 18.3 Å². The molecule has 1 aromatic heterocycles. The van der Waals surface area contributed by atoms with E-state index in [1.165, 1.54) is 0 Å². The molecular formula is C10H14N4OS. The number of amides is 1. The number of carbonyl (C=O) groups is 1. The van der Waals surface area contributed by atoms with Gasteiger partial charge in [0.15, 0.2) is 5.82 Å². The molecule has 2 rings (SSSR count). The first kappa shape index (κ1) is 11.3. The van der Waals surface area contributed by atoms with Crippen LogP contribution in [0.25, 0.3) is 0 Å². The van der Waals surface area contributed by atoms with Crippen LogP contribution in [0.1, 0.15) is 6.42 Å². The van der Waals surface area contributed by atoms with Crippen LogP contribution in [0.3, 0.4) is 0 Å². The van der Waals surface area contributed by atoms with Gasteiger partial charge >= 0.3 is 0 Å². The standard InChI is InChI=1S/C10H14N4OS/c15-10(6-8-7-16-5-4-11-8)13-9-2-1-3-12-14-9/h1-3,8,11H,4-7H2,(H,13,14,15). The zero-order valence-electron chi connectivity index (χ0n) is 8.85. The molecule has 1 atom stereocenters. The highest BCUT2D eigenvalue weighted by atomic mass is 32.2. The molecular weight excluding hydrogens is 224 g/mol. The molecule has 1 aliphatic rings. The van der Waals surface area contributed by atoms with Gasteiger partial charge in [-0.3, -0.25) is 4.79 Å². The first-order valence-corrected chi connectivity index (χ1v) is 6.39. The van der Waals surface area contributed by atoms with Gasteiger partial charge in [-0.05, 0) is 12.1 Å². The first-order valence-electron chi connectivity index (χ1n) is 5.23. The normalized spacial score (nSPS) is 20.4. The number of anilines is 1. The molecule has 5 nitrogen and oxygen atoms in total. The van der Waals surface area contributed by atoms with E-state index in [1.807, 2.05) is 11.8 Å². The first-order chi connectivity index (χ1) is 7.84. The number of hydrogen-bond acceptors (Lipinski definition) is 5. The van der Waals surface area contributed by atoms with E-state index < -0.39 is 0 Å². The maximum atomic E-state index is 11.7. The molecule has 0 aromatic carbocycles. The van der Waals surface area contributed by atoms with Crippen molar-refractivity contribution in [1.29, 1.82) is 0 Å². The van der Waals surface area contributed by atoms with Gasteiger partial charge in [0.25, 0.3) is 0 Å². The van der Waals surface area contributed by atoms with E-state index >= 15 is 0 Å². The molecule has 16 heavy (non-hydrogen) atoms. The van der Waals surface area contributed by atoms with Gasteiger partial charge in [0.2, 0.25) is 5.91 Å². The Morgan fingerprint density at radius 2 is 2.62 bits per heavy atom. The van der Waals surface area contributed by atoms with Crippen LogP contribution in [0.5, 0.6) is 0 Å². The zero-order valence-corrected chi connectivity index (χ0v) is 9.67. The Morgan fingerprint density at radius 1 is 1.69 bits per heavy atom. The van der Waals surface area contributed by atoms with Crippen LogP contribution in [-0.4, -0.2) is 40.2 Å². The third-order valence-electron chi connectivity index (χ3n) is 2.27. The van der Waals surface area contributed by atoms with E-state index in [4.69, 9.17) is 0 Å². The molecule has 1 aliphatic heterocycles. The maximum absolute atomic E-state index is 11.7. The lowest BCUT2D eigenvalue weighted by molar-refractivity contribution is -0.116. The Morgan fingerprint density at radius 3 is 3.31 bits per heavy atom. The molecule has 0 bridgehead atoms. The highest BCUT2D eigenvalue weighted by Gasteiger charge is 2.16. The van der Waals surface area contributed by atoms with E-state index in [0.717, 1.165) is 18.1 Å². The Kier molecular flexibility index (Phi) is 4.12. The fraction of sp³-hybridized carbons (Fsp3) is 0.500. The molecule has 1 aromatic rings. The molecule has 6 heteroatoms. The average molecular weight is 238 g/mol. The summed E-state index contributed by atoms with van der Waals surface area (Å²) in [6.07, 6.45) is 2.07. The van der Waals surface area contributed by atoms with Gasteiger partial charge in [0.05, 0.1) is 0 Å². The average Bonchev–Trinajstić information content (AvgIpc) is 2.31. The highest BCUT2D eigenvalue weighted by molar-refractivity contribution is 7.99. The maximum Gasteiger partial charge on any atom is 0.227 e. The van der Waals surface area contributed by atoms with Crippen LogP contribution in [0.2, 0.25) is 0 Å². The van der Waals surface area contributed by atoms with Gasteiger partial charge in [0, 0.05) is 36.7 Å². The number of nitrogens with zero attached hydrogens (tertiary/aromatic N) is 2. The van der Waals surface area contributed by atoms with Crippen LogP contribution < -0.4 is 10.6 Å². The number of hydrogen-bond donors (Lipinski definition) is 2. The fourth-order valence-electron chi connectivity index (χ4n) is 1.54. The van der Waals surface area contributed by atoms with Crippen LogP contribution in [0.15, 0.2) is 18.3 Å². The second-order valence-electron chi connectivity index (χ2n) is 3.59. The molecule has 86 valence electrons. The monoisotopic (exact) mass is 238 g/mol. The quantitative estimate of drug-likeness (QED) is 0.803. The van der Waals surface area contributed by atoms with Crippen molar-refractivity contribution in [3.8, 4) is 0 Å². The van der Waals surface area contributed by atoms with Crippen molar-refractivity contribution in [2.45, 2.75) is 12.5 Å². The minimum absolute atomic E-state index is 0.0134. The molecule has 2 N–H and O–H groups in total. The molecule has 0 radical (unpaired) electrons. The number of rotatable bonds is 3. The van der Waals surface area contributed by atoms with Crippen LogP contribution in [0.4, 0.5) is 5.82 Å². The van der Waals surface area contributed by atoms with Crippen molar-refractivity contribution < 1.29 is 4.79 Å². The summed E-state index contributed by atoms with van der Waals surface area (Å²) < 4.78 is 0. The van der Waals surface area contributed by atoms with E-state index in [2.05, 4.69) is 20.8 Å². The van der Waals surface area contributed by atoms with Gasteiger partial charge in [0.1, 0.15) is 0 Å². The summed E-state index contributed by atoms with van der Waals surface area (Å²) in [5, 5.41) is 13.5. The predicted octanol–water partition coefficient (Wildman–Crippen LogP) is 0.510. The molecule has 1 unspecified atom stereocenters. The van der Waals surface area contributed by atoms with Crippen LogP contribution >= 0.6 is 11.8 Å². The summed E-state index contributed by atoms with van der Waals surface area (Å²) >= 11 is 1.88. The van der Waals surface area contributed by atoms with E-state index in [0.29, 0.717) is 12.2 Å². The van der Waals surface area contributed by atoms with E-state index in [9.17, 15) is 4.79 Å². The Hall–Kier alpha value is -1.14. The minimum atomic E-state index is -0.0134.